The molecule has 6 nitrogen and oxygen atoms in total. The number of benzene rings is 1. The molecular weight excluding hydrogens is 250 g/mol. The van der Waals surface area contributed by atoms with Crippen LogP contribution in [0.5, 0.6) is 11.5 Å². The van der Waals surface area contributed by atoms with E-state index in [1.54, 1.807) is 20.1 Å². The summed E-state index contributed by atoms with van der Waals surface area (Å²) in [6.45, 7) is 3.02. The van der Waals surface area contributed by atoms with E-state index in [1.807, 2.05) is 0 Å². The molecule has 1 rings (SSSR count). The van der Waals surface area contributed by atoms with Gasteiger partial charge >= 0.3 is 5.97 Å². The fourth-order valence-corrected chi connectivity index (χ4v) is 1.63. The highest BCUT2D eigenvalue weighted by atomic mass is 16.5. The second kappa shape index (κ2) is 7.60. The molecule has 0 spiro atoms. The van der Waals surface area contributed by atoms with Crippen molar-refractivity contribution in [2.24, 2.45) is 0 Å². The molecule has 0 aromatic heterocycles. The van der Waals surface area contributed by atoms with E-state index >= 15 is 0 Å². The maximum atomic E-state index is 11.2. The average Bonchev–Trinajstić information content (AvgIpc) is 2.37. The lowest BCUT2D eigenvalue weighted by molar-refractivity contribution is -0.139. The Bertz CT molecular complexity index is 421. The van der Waals surface area contributed by atoms with Crippen molar-refractivity contribution in [3.63, 3.8) is 0 Å². The molecule has 1 atom stereocenters. The lowest BCUT2D eigenvalue weighted by atomic mass is 10.1. The molecule has 0 aliphatic rings. The second-order valence-corrected chi connectivity index (χ2v) is 3.88. The zero-order valence-electron chi connectivity index (χ0n) is 11.0. The molecule has 19 heavy (non-hydrogen) atoms. The Balaban J connectivity index is 2.89. The van der Waals surface area contributed by atoms with Gasteiger partial charge in [0.1, 0.15) is 6.04 Å². The van der Waals surface area contributed by atoms with Crippen molar-refractivity contribution in [3.8, 4) is 11.5 Å². The number of carbonyl (C=O) groups is 1. The van der Waals surface area contributed by atoms with E-state index in [9.17, 15) is 15.0 Å². The third-order valence-electron chi connectivity index (χ3n) is 2.52. The highest BCUT2D eigenvalue weighted by molar-refractivity contribution is 5.76. The van der Waals surface area contributed by atoms with Gasteiger partial charge in [0, 0.05) is 13.7 Å². The van der Waals surface area contributed by atoms with Crippen LogP contribution in [-0.2, 0) is 9.53 Å². The smallest absolute Gasteiger partial charge is 0.325 e. The normalized spacial score (nSPS) is 12.1. The maximum Gasteiger partial charge on any atom is 0.325 e. The minimum absolute atomic E-state index is 0.00775. The lowest BCUT2D eigenvalue weighted by Gasteiger charge is -2.16. The van der Waals surface area contributed by atoms with Crippen molar-refractivity contribution < 1.29 is 24.5 Å². The number of nitrogens with one attached hydrogen (secondary N) is 1. The number of carboxylic acids is 1. The Morgan fingerprint density at radius 1 is 1.47 bits per heavy atom. The third-order valence-corrected chi connectivity index (χ3v) is 2.52. The minimum atomic E-state index is -0.996. The first-order valence-corrected chi connectivity index (χ1v) is 6.01. The van der Waals surface area contributed by atoms with Gasteiger partial charge in [0.15, 0.2) is 11.5 Å². The Morgan fingerprint density at radius 3 is 2.79 bits per heavy atom. The van der Waals surface area contributed by atoms with Crippen LogP contribution >= 0.6 is 0 Å². The van der Waals surface area contributed by atoms with Gasteiger partial charge < -0.3 is 19.7 Å². The highest BCUT2D eigenvalue weighted by Crippen LogP contribution is 2.29. The van der Waals surface area contributed by atoms with Gasteiger partial charge in [-0.15, -0.1) is 0 Å². The van der Waals surface area contributed by atoms with E-state index in [2.05, 4.69) is 5.32 Å². The molecule has 0 radical (unpaired) electrons. The van der Waals surface area contributed by atoms with Crippen molar-refractivity contribution in [1.82, 2.24) is 5.32 Å². The van der Waals surface area contributed by atoms with E-state index in [-0.39, 0.29) is 11.5 Å². The van der Waals surface area contributed by atoms with E-state index in [4.69, 9.17) is 9.47 Å². The van der Waals surface area contributed by atoms with E-state index in [0.717, 1.165) is 0 Å². The molecule has 0 heterocycles. The first kappa shape index (κ1) is 15.3. The van der Waals surface area contributed by atoms with Gasteiger partial charge in [0.05, 0.1) is 13.2 Å². The standard InChI is InChI=1S/C13H19NO5/c1-3-19-11-8-9(4-5-10(11)15)12(13(16)17)14-6-7-18-2/h4-5,8,12,14-15H,3,6-7H2,1-2H3,(H,16,17). The number of hydrogen-bond donors (Lipinski definition) is 3. The van der Waals surface area contributed by atoms with Crippen LogP contribution in [0, 0.1) is 0 Å². The quantitative estimate of drug-likeness (QED) is 0.614. The fraction of sp³-hybridized carbons (Fsp3) is 0.462. The largest absolute Gasteiger partial charge is 0.504 e. The minimum Gasteiger partial charge on any atom is -0.504 e. The van der Waals surface area contributed by atoms with E-state index in [1.165, 1.54) is 12.1 Å². The summed E-state index contributed by atoms with van der Waals surface area (Å²) < 4.78 is 10.1. The topological polar surface area (TPSA) is 88.0 Å². The lowest BCUT2D eigenvalue weighted by Crippen LogP contribution is -2.31. The number of hydrogen-bond acceptors (Lipinski definition) is 5. The van der Waals surface area contributed by atoms with Crippen LogP contribution in [0.15, 0.2) is 18.2 Å². The van der Waals surface area contributed by atoms with Crippen LogP contribution in [-0.4, -0.2) is 43.1 Å². The third kappa shape index (κ3) is 4.42. The van der Waals surface area contributed by atoms with Gasteiger partial charge in [-0.05, 0) is 24.6 Å². The molecule has 1 aromatic carbocycles. The number of methoxy groups -OCH3 is 1. The number of aliphatic carboxylic acids is 1. The molecular formula is C13H19NO5. The highest BCUT2D eigenvalue weighted by Gasteiger charge is 2.20. The monoisotopic (exact) mass is 269 g/mol. The second-order valence-electron chi connectivity index (χ2n) is 3.88. The summed E-state index contributed by atoms with van der Waals surface area (Å²) in [5, 5.41) is 21.7. The molecule has 0 aliphatic heterocycles. The number of aromatic hydroxyl groups is 1. The summed E-state index contributed by atoms with van der Waals surface area (Å²) in [6.07, 6.45) is 0. The molecule has 6 heteroatoms. The Morgan fingerprint density at radius 2 is 2.21 bits per heavy atom. The number of ether oxygens (including phenoxy) is 2. The van der Waals surface area contributed by atoms with Gasteiger partial charge in [-0.2, -0.15) is 0 Å². The van der Waals surface area contributed by atoms with Crippen molar-refractivity contribution in [3.05, 3.63) is 23.8 Å². The zero-order valence-corrected chi connectivity index (χ0v) is 11.0. The Hall–Kier alpha value is -1.79. The number of carboxylic acid groups (broad SMARTS) is 1. The summed E-state index contributed by atoms with van der Waals surface area (Å²) in [4.78, 5) is 11.2. The summed E-state index contributed by atoms with van der Waals surface area (Å²) in [6, 6.07) is 3.64. The molecule has 0 saturated heterocycles. The summed E-state index contributed by atoms with van der Waals surface area (Å²) in [5.74, 6) is -0.726. The summed E-state index contributed by atoms with van der Waals surface area (Å²) in [5.41, 5.74) is 0.518. The first-order valence-electron chi connectivity index (χ1n) is 6.01. The molecule has 1 aromatic rings. The van der Waals surface area contributed by atoms with Crippen molar-refractivity contribution in [2.45, 2.75) is 13.0 Å². The van der Waals surface area contributed by atoms with E-state index in [0.29, 0.717) is 25.3 Å². The molecule has 0 bridgehead atoms. The van der Waals surface area contributed by atoms with Gasteiger partial charge in [0.25, 0.3) is 0 Å². The van der Waals surface area contributed by atoms with Crippen molar-refractivity contribution in [2.75, 3.05) is 26.9 Å². The van der Waals surface area contributed by atoms with Crippen LogP contribution in [0.1, 0.15) is 18.5 Å². The fourth-order valence-electron chi connectivity index (χ4n) is 1.63. The predicted octanol–water partition coefficient (Wildman–Crippen LogP) is 1.15. The number of rotatable bonds is 8. The van der Waals surface area contributed by atoms with Crippen LogP contribution in [0.25, 0.3) is 0 Å². The van der Waals surface area contributed by atoms with Crippen LogP contribution < -0.4 is 10.1 Å². The van der Waals surface area contributed by atoms with E-state index < -0.39 is 12.0 Å². The molecule has 3 N–H and O–H groups in total. The average molecular weight is 269 g/mol. The SMILES string of the molecule is CCOc1cc(C(NCCOC)C(=O)O)ccc1O. The number of phenols is 1. The number of phenolic OH excluding ortho intramolecular Hbond substituents is 1. The molecule has 0 fully saturated rings. The van der Waals surface area contributed by atoms with Gasteiger partial charge in [0.2, 0.25) is 0 Å². The van der Waals surface area contributed by atoms with Gasteiger partial charge in [-0.1, -0.05) is 6.07 Å². The molecule has 1 unspecified atom stereocenters. The predicted molar refractivity (Wildman–Crippen MR) is 69.5 cm³/mol. The van der Waals surface area contributed by atoms with Gasteiger partial charge in [-0.25, -0.2) is 0 Å². The summed E-state index contributed by atoms with van der Waals surface area (Å²) in [7, 11) is 1.55. The van der Waals surface area contributed by atoms with Crippen molar-refractivity contribution >= 4 is 5.97 Å². The summed E-state index contributed by atoms with van der Waals surface area (Å²) >= 11 is 0. The maximum absolute atomic E-state index is 11.2. The van der Waals surface area contributed by atoms with Crippen LogP contribution in [0.2, 0.25) is 0 Å². The molecule has 106 valence electrons. The first-order chi connectivity index (χ1) is 9.10. The Kier molecular flexibility index (Phi) is 6.11. The molecule has 0 amide bonds. The van der Waals surface area contributed by atoms with Crippen LogP contribution in [0.4, 0.5) is 0 Å². The van der Waals surface area contributed by atoms with Gasteiger partial charge in [-0.3, -0.25) is 10.1 Å². The zero-order chi connectivity index (χ0) is 14.3. The molecule has 0 aliphatic carbocycles. The molecule has 0 saturated carbocycles. The van der Waals surface area contributed by atoms with Crippen molar-refractivity contribution in [1.29, 1.82) is 0 Å². The Labute approximate surface area is 112 Å². The van der Waals surface area contributed by atoms with Crippen LogP contribution in [0.3, 0.4) is 0 Å².